The van der Waals surface area contributed by atoms with E-state index in [2.05, 4.69) is 10.1 Å². The zero-order valence-corrected chi connectivity index (χ0v) is 9.32. The van der Waals surface area contributed by atoms with Gasteiger partial charge in [0.1, 0.15) is 6.04 Å². The molecular weight excluding hydrogens is 200 g/mol. The van der Waals surface area contributed by atoms with Crippen molar-refractivity contribution in [2.75, 3.05) is 34.3 Å². The van der Waals surface area contributed by atoms with Crippen LogP contribution in [0.15, 0.2) is 0 Å². The molecule has 88 valence electrons. The lowest BCUT2D eigenvalue weighted by molar-refractivity contribution is -0.147. The van der Waals surface area contributed by atoms with Gasteiger partial charge in [-0.2, -0.15) is 0 Å². The highest BCUT2D eigenvalue weighted by Gasteiger charge is 2.20. The third-order valence-corrected chi connectivity index (χ3v) is 1.85. The average Bonchev–Trinajstić information content (AvgIpc) is 2.15. The summed E-state index contributed by atoms with van der Waals surface area (Å²) in [6.45, 7) is 1.23. The maximum atomic E-state index is 10.9. The molecule has 0 aliphatic carbocycles. The normalized spacial score (nSPS) is 12.5. The maximum absolute atomic E-state index is 10.9. The van der Waals surface area contributed by atoms with Gasteiger partial charge in [-0.3, -0.25) is 9.59 Å². The summed E-state index contributed by atoms with van der Waals surface area (Å²) < 4.78 is 4.41. The number of carbonyl (C=O) groups excluding carboxylic acids is 1. The summed E-state index contributed by atoms with van der Waals surface area (Å²) >= 11 is 0. The van der Waals surface area contributed by atoms with Gasteiger partial charge in [0.2, 0.25) is 0 Å². The van der Waals surface area contributed by atoms with Gasteiger partial charge in [-0.1, -0.05) is 0 Å². The second-order valence-electron chi connectivity index (χ2n) is 3.43. The van der Waals surface area contributed by atoms with E-state index in [0.717, 1.165) is 0 Å². The summed E-state index contributed by atoms with van der Waals surface area (Å²) in [4.78, 5) is 23.6. The molecule has 0 rings (SSSR count). The van der Waals surface area contributed by atoms with Gasteiger partial charge >= 0.3 is 11.9 Å². The van der Waals surface area contributed by atoms with Crippen LogP contribution in [0, 0.1) is 0 Å². The standard InChI is InChI=1S/C9H18N2O4/c1-11(2)5-4-10-7(9(13)14)6-8(12)15-3/h7,10H,4-6H2,1-3H3,(H,13,14)/t7-/m0/s1. The fraction of sp³-hybridized carbons (Fsp3) is 0.778. The first-order valence-corrected chi connectivity index (χ1v) is 4.65. The number of carboxylic acids is 1. The number of methoxy groups -OCH3 is 1. The third kappa shape index (κ3) is 6.87. The Balaban J connectivity index is 3.94. The Kier molecular flexibility index (Phi) is 6.64. The van der Waals surface area contributed by atoms with Crippen LogP contribution in [0.5, 0.6) is 0 Å². The maximum Gasteiger partial charge on any atom is 0.321 e. The van der Waals surface area contributed by atoms with E-state index in [1.807, 2.05) is 19.0 Å². The zero-order valence-electron chi connectivity index (χ0n) is 9.32. The molecule has 15 heavy (non-hydrogen) atoms. The van der Waals surface area contributed by atoms with Crippen molar-refractivity contribution in [1.29, 1.82) is 0 Å². The number of nitrogens with zero attached hydrogens (tertiary/aromatic N) is 1. The highest BCUT2D eigenvalue weighted by molar-refractivity contribution is 5.81. The molecule has 6 heteroatoms. The molecule has 0 aliphatic rings. The molecule has 0 fully saturated rings. The minimum atomic E-state index is -1.04. The lowest BCUT2D eigenvalue weighted by atomic mass is 10.2. The average molecular weight is 218 g/mol. The lowest BCUT2D eigenvalue weighted by Crippen LogP contribution is -2.41. The van der Waals surface area contributed by atoms with E-state index in [1.165, 1.54) is 7.11 Å². The van der Waals surface area contributed by atoms with Crippen LogP contribution in [0.1, 0.15) is 6.42 Å². The summed E-state index contributed by atoms with van der Waals surface area (Å²) in [6, 6.07) is -0.877. The van der Waals surface area contributed by atoms with Gasteiger partial charge in [0.25, 0.3) is 0 Å². The van der Waals surface area contributed by atoms with Crippen molar-refractivity contribution in [2.45, 2.75) is 12.5 Å². The first-order valence-electron chi connectivity index (χ1n) is 4.65. The molecule has 0 radical (unpaired) electrons. The molecular formula is C9H18N2O4. The molecule has 0 aliphatic heterocycles. The van der Waals surface area contributed by atoms with E-state index in [-0.39, 0.29) is 6.42 Å². The molecule has 0 spiro atoms. The molecule has 2 N–H and O–H groups in total. The summed E-state index contributed by atoms with van der Waals surface area (Å²) in [7, 11) is 5.01. The fourth-order valence-corrected chi connectivity index (χ4v) is 0.959. The first-order chi connectivity index (χ1) is 6.97. The van der Waals surface area contributed by atoms with Crippen molar-refractivity contribution in [3.05, 3.63) is 0 Å². The molecule has 6 nitrogen and oxygen atoms in total. The number of aliphatic carboxylic acids is 1. The molecule has 0 aromatic heterocycles. The monoisotopic (exact) mass is 218 g/mol. The molecule has 0 bridgehead atoms. The molecule has 0 unspecified atom stereocenters. The summed E-state index contributed by atoms with van der Waals surface area (Å²) in [5.74, 6) is -1.57. The van der Waals surface area contributed by atoms with Crippen molar-refractivity contribution in [3.63, 3.8) is 0 Å². The molecule has 0 amide bonds. The minimum absolute atomic E-state index is 0.154. The molecule has 0 aromatic carbocycles. The van der Waals surface area contributed by atoms with E-state index in [1.54, 1.807) is 0 Å². The first kappa shape index (κ1) is 13.9. The van der Waals surface area contributed by atoms with Gasteiger partial charge < -0.3 is 20.1 Å². The number of hydrogen-bond acceptors (Lipinski definition) is 5. The largest absolute Gasteiger partial charge is 0.480 e. The van der Waals surface area contributed by atoms with Crippen LogP contribution >= 0.6 is 0 Å². The smallest absolute Gasteiger partial charge is 0.321 e. The molecule has 0 saturated carbocycles. The van der Waals surface area contributed by atoms with Crippen LogP contribution in [0.2, 0.25) is 0 Å². The molecule has 0 heterocycles. The number of ether oxygens (including phenoxy) is 1. The van der Waals surface area contributed by atoms with E-state index < -0.39 is 18.0 Å². The molecule has 0 aromatic rings. The zero-order chi connectivity index (χ0) is 11.8. The van der Waals surface area contributed by atoms with Crippen molar-refractivity contribution in [3.8, 4) is 0 Å². The lowest BCUT2D eigenvalue weighted by Gasteiger charge is -2.15. The minimum Gasteiger partial charge on any atom is -0.480 e. The Morgan fingerprint density at radius 3 is 2.47 bits per heavy atom. The highest BCUT2D eigenvalue weighted by Crippen LogP contribution is 1.94. The number of carbonyl (C=O) groups is 2. The Morgan fingerprint density at radius 2 is 2.07 bits per heavy atom. The van der Waals surface area contributed by atoms with E-state index in [4.69, 9.17) is 5.11 Å². The summed E-state index contributed by atoms with van der Waals surface area (Å²) in [5, 5.41) is 11.6. The van der Waals surface area contributed by atoms with Crippen LogP contribution < -0.4 is 5.32 Å². The number of esters is 1. The van der Waals surface area contributed by atoms with Crippen molar-refractivity contribution >= 4 is 11.9 Å². The van der Waals surface area contributed by atoms with Gasteiger partial charge in [-0.15, -0.1) is 0 Å². The Morgan fingerprint density at radius 1 is 1.47 bits per heavy atom. The van der Waals surface area contributed by atoms with Crippen molar-refractivity contribution in [2.24, 2.45) is 0 Å². The Bertz CT molecular complexity index is 218. The predicted octanol–water partition coefficient (Wildman–Crippen LogP) is -0.846. The van der Waals surface area contributed by atoms with Crippen molar-refractivity contribution in [1.82, 2.24) is 10.2 Å². The van der Waals surface area contributed by atoms with Gasteiger partial charge in [-0.25, -0.2) is 0 Å². The topological polar surface area (TPSA) is 78.9 Å². The Hall–Kier alpha value is -1.14. The number of nitrogens with one attached hydrogen (secondary N) is 1. The van der Waals surface area contributed by atoms with Crippen molar-refractivity contribution < 1.29 is 19.4 Å². The van der Waals surface area contributed by atoms with Crippen LogP contribution in [0.3, 0.4) is 0 Å². The number of rotatable bonds is 7. The summed E-state index contributed by atoms with van der Waals surface area (Å²) in [6.07, 6.45) is -0.154. The molecule has 0 saturated heterocycles. The predicted molar refractivity (Wildman–Crippen MR) is 54.6 cm³/mol. The van der Waals surface area contributed by atoms with E-state index in [9.17, 15) is 9.59 Å². The van der Waals surface area contributed by atoms with Gasteiger partial charge in [0.15, 0.2) is 0 Å². The Labute approximate surface area is 89.2 Å². The molecule has 1 atom stereocenters. The second-order valence-corrected chi connectivity index (χ2v) is 3.43. The van der Waals surface area contributed by atoms with Crippen LogP contribution in [-0.4, -0.2) is 62.3 Å². The third-order valence-electron chi connectivity index (χ3n) is 1.85. The SMILES string of the molecule is COC(=O)C[C@H](NCCN(C)C)C(=O)O. The van der Waals surface area contributed by atoms with Crippen LogP contribution in [0.25, 0.3) is 0 Å². The van der Waals surface area contributed by atoms with E-state index in [0.29, 0.717) is 13.1 Å². The van der Waals surface area contributed by atoms with Crippen LogP contribution in [-0.2, 0) is 14.3 Å². The number of carboxylic acid groups (broad SMARTS) is 1. The van der Waals surface area contributed by atoms with Gasteiger partial charge in [0, 0.05) is 13.1 Å². The van der Waals surface area contributed by atoms with E-state index >= 15 is 0 Å². The number of likely N-dealkylation sites (N-methyl/N-ethyl adjacent to an activating group) is 1. The van der Waals surface area contributed by atoms with Gasteiger partial charge in [0.05, 0.1) is 13.5 Å². The second kappa shape index (κ2) is 7.19. The fourth-order valence-electron chi connectivity index (χ4n) is 0.959. The number of hydrogen-bond donors (Lipinski definition) is 2. The van der Waals surface area contributed by atoms with Crippen LogP contribution in [0.4, 0.5) is 0 Å². The van der Waals surface area contributed by atoms with Gasteiger partial charge in [-0.05, 0) is 14.1 Å². The summed E-state index contributed by atoms with van der Waals surface area (Å²) in [5.41, 5.74) is 0. The highest BCUT2D eigenvalue weighted by atomic mass is 16.5. The quantitative estimate of drug-likeness (QED) is 0.542.